The van der Waals surface area contributed by atoms with E-state index in [2.05, 4.69) is 40.1 Å². The largest absolute Gasteiger partial charge is 0.478 e. The predicted octanol–water partition coefficient (Wildman–Crippen LogP) is 5.66. The van der Waals surface area contributed by atoms with Gasteiger partial charge in [-0.3, -0.25) is 18.7 Å². The van der Waals surface area contributed by atoms with Gasteiger partial charge in [0.2, 0.25) is 0 Å². The number of ether oxygens (including phenoxy) is 4. The molecule has 0 radical (unpaired) electrons. The number of carboxylic acid groups (broad SMARTS) is 2. The molecule has 0 saturated heterocycles. The Bertz CT molecular complexity index is 2710. The highest BCUT2D eigenvalue weighted by Crippen LogP contribution is 2.45. The number of imidazole rings is 2. The highest BCUT2D eigenvalue weighted by Gasteiger charge is 2.33. The quantitative estimate of drug-likeness (QED) is 0.0242. The zero-order valence-corrected chi connectivity index (χ0v) is 43.7. The van der Waals surface area contributed by atoms with Gasteiger partial charge in [-0.2, -0.15) is 0 Å². The number of carbonyl (C=O) groups excluding carboxylic acids is 2. The van der Waals surface area contributed by atoms with Crippen molar-refractivity contribution in [3.63, 3.8) is 0 Å². The average molecular weight is 1070 g/mol. The van der Waals surface area contributed by atoms with Gasteiger partial charge in [0.1, 0.15) is 60.0 Å². The molecule has 6 atom stereocenters. The summed E-state index contributed by atoms with van der Waals surface area (Å²) >= 11 is 0. The Kier molecular flexibility index (Phi) is 22.6. The molecule has 0 amide bonds. The molecule has 4 heterocycles. The fraction of sp³-hybridized carbons (Fsp3) is 0.391. The third kappa shape index (κ3) is 19.6. The number of nitrogens with zero attached hydrogens (tertiary/aromatic N) is 8. The normalized spacial score (nSPS) is 14.6. The predicted molar refractivity (Wildman–Crippen MR) is 272 cm³/mol. The summed E-state index contributed by atoms with van der Waals surface area (Å²) in [5, 5.41) is 21.2. The van der Waals surface area contributed by atoms with Crippen LogP contribution in [0.5, 0.6) is 11.5 Å². The highest BCUT2D eigenvalue weighted by atomic mass is 31.2. The highest BCUT2D eigenvalue weighted by molar-refractivity contribution is 7.57. The lowest BCUT2D eigenvalue weighted by Gasteiger charge is -2.25. The van der Waals surface area contributed by atoms with Crippen molar-refractivity contribution in [3.05, 3.63) is 98.1 Å². The number of esters is 2. The number of carboxylic acids is 2. The van der Waals surface area contributed by atoms with Crippen molar-refractivity contribution in [3.8, 4) is 11.5 Å². The first kappa shape index (κ1) is 59.2. The molecule has 74 heavy (non-hydrogen) atoms. The van der Waals surface area contributed by atoms with E-state index < -0.39 is 51.0 Å². The van der Waals surface area contributed by atoms with Gasteiger partial charge in [0.05, 0.1) is 50.2 Å². The first-order chi connectivity index (χ1) is 35.0. The van der Waals surface area contributed by atoms with E-state index in [4.69, 9.17) is 49.7 Å². The molecule has 0 spiro atoms. The summed E-state index contributed by atoms with van der Waals surface area (Å²) in [6.45, 7) is 14.5. The van der Waals surface area contributed by atoms with Crippen molar-refractivity contribution in [2.24, 2.45) is 0 Å². The summed E-state index contributed by atoms with van der Waals surface area (Å²) in [5.41, 5.74) is 13.8. The van der Waals surface area contributed by atoms with Gasteiger partial charge in [-0.1, -0.05) is 36.4 Å². The van der Waals surface area contributed by atoms with Gasteiger partial charge < -0.3 is 58.8 Å². The second kappa shape index (κ2) is 28.2. The lowest BCUT2D eigenvalue weighted by Crippen LogP contribution is -2.37. The van der Waals surface area contributed by atoms with Crippen LogP contribution in [0, 0.1) is 0 Å². The first-order valence-electron chi connectivity index (χ1n) is 22.8. The van der Waals surface area contributed by atoms with Crippen LogP contribution in [0.4, 0.5) is 11.6 Å². The van der Waals surface area contributed by atoms with Gasteiger partial charge in [-0.15, -0.1) is 0 Å². The van der Waals surface area contributed by atoms with Gasteiger partial charge in [0, 0.05) is 12.2 Å². The molecule has 8 N–H and O–H groups in total. The second-order valence-electron chi connectivity index (χ2n) is 16.7. The number of rotatable bonds is 24. The lowest BCUT2D eigenvalue weighted by molar-refractivity contribution is -0.149. The Hall–Kier alpha value is -7.34. The number of hydrogen-bond donors (Lipinski definition) is 6. The second-order valence-corrected chi connectivity index (χ2v) is 20.8. The van der Waals surface area contributed by atoms with Crippen LogP contribution in [0.3, 0.4) is 0 Å². The van der Waals surface area contributed by atoms with E-state index in [-0.39, 0.29) is 37.1 Å². The number of benzene rings is 2. The van der Waals surface area contributed by atoms with Crippen molar-refractivity contribution < 1.29 is 66.5 Å². The van der Waals surface area contributed by atoms with Gasteiger partial charge >= 0.3 is 38.9 Å². The van der Waals surface area contributed by atoms with Crippen LogP contribution in [-0.2, 0) is 60.3 Å². The molecule has 0 unspecified atom stereocenters. The molecule has 6 aromatic rings. The standard InChI is InChI=1S/2C21H29N6O5P.C4H4O4/c2*1-14(2)31-21(28)16(4)26-33(29,32-17-8-6-5-7-9-17)13-30-15(3)10-27-12-25-18-19(22)23-11-24-20(18)27;5-3(6)1-2-4(7)8/h2*5-9,11-12,14-16H,10,13H2,1-4H3,(H,26,29)(H2,22,23,24);1-2H,(H,5,6)(H,7,8)/b;;2-1+/t2*15-,16-,33+;/m10./s1. The van der Waals surface area contributed by atoms with E-state index in [0.717, 1.165) is 0 Å². The summed E-state index contributed by atoms with van der Waals surface area (Å²) in [5.74, 6) is -2.21. The number of nitrogens with one attached hydrogen (secondary N) is 2. The third-order valence-electron chi connectivity index (χ3n) is 9.38. The molecule has 28 heteroatoms. The molecule has 0 aliphatic heterocycles. The number of carbonyl (C=O) groups is 4. The molecule has 400 valence electrons. The molecule has 0 fully saturated rings. The minimum absolute atomic E-state index is 0.272. The van der Waals surface area contributed by atoms with E-state index >= 15 is 0 Å². The molecule has 0 aliphatic carbocycles. The maximum Gasteiger partial charge on any atom is 0.342 e. The number of anilines is 2. The van der Waals surface area contributed by atoms with Gasteiger partial charge in [-0.25, -0.2) is 49.7 Å². The summed E-state index contributed by atoms with van der Waals surface area (Å²) in [7, 11) is -7.28. The molecule has 2 aromatic carbocycles. The van der Waals surface area contributed by atoms with Gasteiger partial charge in [-0.05, 0) is 79.7 Å². The molecule has 0 saturated carbocycles. The van der Waals surface area contributed by atoms with Crippen LogP contribution < -0.4 is 30.7 Å². The summed E-state index contributed by atoms with van der Waals surface area (Å²) in [4.78, 5) is 68.4. The van der Waals surface area contributed by atoms with Crippen molar-refractivity contribution in [1.29, 1.82) is 0 Å². The fourth-order valence-corrected chi connectivity index (χ4v) is 9.74. The van der Waals surface area contributed by atoms with E-state index in [1.54, 1.807) is 112 Å². The summed E-state index contributed by atoms with van der Waals surface area (Å²) in [6, 6.07) is 15.7. The van der Waals surface area contributed by atoms with Crippen LogP contribution in [0.2, 0.25) is 0 Å². The van der Waals surface area contributed by atoms with E-state index in [9.17, 15) is 28.3 Å². The number of nitrogens with two attached hydrogens (primary N) is 2. The Morgan fingerprint density at radius 3 is 1.26 bits per heavy atom. The topological polar surface area (TPSA) is 362 Å². The zero-order valence-electron chi connectivity index (χ0n) is 42.0. The van der Waals surface area contributed by atoms with Crippen molar-refractivity contribution in [1.82, 2.24) is 49.2 Å². The van der Waals surface area contributed by atoms with Gasteiger partial charge in [0.25, 0.3) is 0 Å². The summed E-state index contributed by atoms with van der Waals surface area (Å²) in [6.07, 6.45) is 5.14. The van der Waals surface area contributed by atoms with Crippen molar-refractivity contribution >= 4 is 72.9 Å². The van der Waals surface area contributed by atoms with Crippen LogP contribution >= 0.6 is 15.0 Å². The maximum atomic E-state index is 13.6. The Balaban J connectivity index is 0.000000279. The molecule has 0 bridgehead atoms. The SMILES string of the molecule is CC(C)OC(=O)[C@@H](C)N[P@](=O)(CO[C@H](C)Cn1cnc2c(N)ncnc21)Oc1ccccc1.CC(C)OC(=O)[C@H](C)N[P@@](=O)(CO[C@@H](C)Cn1cnc2c(N)ncnc21)Oc1ccccc1.O=C(O)/C=C/C(=O)O. The number of nitrogen functional groups attached to an aromatic ring is 2. The molecular weight excluding hydrogens is 1010 g/mol. The molecular formula is C46H62N12O14P2. The van der Waals surface area contributed by atoms with E-state index in [1.807, 2.05) is 26.0 Å². The summed E-state index contributed by atoms with van der Waals surface area (Å²) < 4.78 is 64.4. The van der Waals surface area contributed by atoms with Crippen LogP contribution in [0.1, 0.15) is 55.4 Å². The zero-order chi connectivity index (χ0) is 54.6. The smallest absolute Gasteiger partial charge is 0.342 e. The van der Waals surface area contributed by atoms with E-state index in [0.29, 0.717) is 70.7 Å². The Morgan fingerprint density at radius 1 is 0.581 bits per heavy atom. The minimum Gasteiger partial charge on any atom is -0.478 e. The average Bonchev–Trinajstić information content (AvgIpc) is 3.95. The minimum atomic E-state index is -3.64. The number of para-hydroxylation sites is 2. The fourth-order valence-electron chi connectivity index (χ4n) is 6.16. The molecule has 0 aliphatic rings. The van der Waals surface area contributed by atoms with Crippen molar-refractivity contribution in [2.75, 3.05) is 24.2 Å². The number of aliphatic carboxylic acids is 2. The van der Waals surface area contributed by atoms with Gasteiger partial charge in [0.15, 0.2) is 22.9 Å². The number of fused-ring (bicyclic) bond motifs is 2. The van der Waals surface area contributed by atoms with Crippen LogP contribution in [-0.4, -0.2) is 122 Å². The van der Waals surface area contributed by atoms with Crippen LogP contribution in [0.15, 0.2) is 98.1 Å². The number of aromatic nitrogens is 8. The van der Waals surface area contributed by atoms with E-state index in [1.165, 1.54) is 12.7 Å². The third-order valence-corrected chi connectivity index (χ3v) is 12.9. The van der Waals surface area contributed by atoms with Crippen LogP contribution in [0.25, 0.3) is 22.3 Å². The van der Waals surface area contributed by atoms with Crippen molar-refractivity contribution in [2.45, 2.75) is 105 Å². The number of hydrogen-bond acceptors (Lipinski definition) is 20. The maximum absolute atomic E-state index is 13.6. The lowest BCUT2D eigenvalue weighted by atomic mass is 10.3. The Labute approximate surface area is 426 Å². The molecule has 26 nitrogen and oxygen atoms in total. The first-order valence-corrected chi connectivity index (χ1v) is 26.4. The molecule has 6 rings (SSSR count). The monoisotopic (exact) mass is 1070 g/mol. The molecule has 4 aromatic heterocycles. The Morgan fingerprint density at radius 2 is 0.932 bits per heavy atom.